The number of hydrogen-bond acceptors (Lipinski definition) is 2. The minimum Gasteiger partial charge on any atom is -0.212 e. The molecule has 1 fully saturated rings. The van der Waals surface area contributed by atoms with Crippen molar-refractivity contribution in [3.05, 3.63) is 35.6 Å². The summed E-state index contributed by atoms with van der Waals surface area (Å²) in [7, 11) is -3.13. The maximum absolute atomic E-state index is 12.9. The maximum Gasteiger partial charge on any atom is 0.213 e. The Kier molecular flexibility index (Phi) is 4.58. The van der Waals surface area contributed by atoms with Crippen LogP contribution in [-0.4, -0.2) is 31.6 Å². The standard InChI is InChI=1S/C14H20FNO2S/c1-2-19(17,18)16-10-4-3-5-13(11-16)12-6-8-14(15)9-7-12/h6-9,13H,2-5,10-11H2,1H3/t13-/m0/s1. The van der Waals surface area contributed by atoms with Crippen molar-refractivity contribution < 1.29 is 12.8 Å². The summed E-state index contributed by atoms with van der Waals surface area (Å²) in [6.45, 7) is 2.79. The third-order valence-electron chi connectivity index (χ3n) is 3.73. The lowest BCUT2D eigenvalue weighted by atomic mass is 9.95. The van der Waals surface area contributed by atoms with E-state index in [1.54, 1.807) is 23.4 Å². The van der Waals surface area contributed by atoms with Crippen LogP contribution in [0.5, 0.6) is 0 Å². The second-order valence-corrected chi connectivity index (χ2v) is 7.26. The van der Waals surface area contributed by atoms with Gasteiger partial charge in [-0.3, -0.25) is 0 Å². The Balaban J connectivity index is 2.19. The molecule has 0 bridgehead atoms. The lowest BCUT2D eigenvalue weighted by molar-refractivity contribution is 0.407. The molecule has 106 valence electrons. The van der Waals surface area contributed by atoms with Gasteiger partial charge in [0.15, 0.2) is 0 Å². The Labute approximate surface area is 114 Å². The van der Waals surface area contributed by atoms with Crippen molar-refractivity contribution in [1.82, 2.24) is 4.31 Å². The van der Waals surface area contributed by atoms with Gasteiger partial charge < -0.3 is 0 Å². The van der Waals surface area contributed by atoms with Crippen molar-refractivity contribution >= 4 is 10.0 Å². The Morgan fingerprint density at radius 3 is 2.58 bits per heavy atom. The van der Waals surface area contributed by atoms with Crippen LogP contribution in [0.25, 0.3) is 0 Å². The highest BCUT2D eigenvalue weighted by molar-refractivity contribution is 7.89. The molecule has 0 saturated carbocycles. The molecule has 1 atom stereocenters. The van der Waals surface area contributed by atoms with E-state index >= 15 is 0 Å². The first-order chi connectivity index (χ1) is 9.03. The van der Waals surface area contributed by atoms with Crippen LogP contribution in [0.3, 0.4) is 0 Å². The number of nitrogens with zero attached hydrogens (tertiary/aromatic N) is 1. The predicted octanol–water partition coefficient (Wildman–Crippen LogP) is 2.74. The van der Waals surface area contributed by atoms with Crippen LogP contribution in [0.4, 0.5) is 4.39 Å². The molecule has 0 N–H and O–H groups in total. The van der Waals surface area contributed by atoms with E-state index in [0.29, 0.717) is 13.1 Å². The topological polar surface area (TPSA) is 37.4 Å². The molecule has 0 aromatic heterocycles. The lowest BCUT2D eigenvalue weighted by Crippen LogP contribution is -2.35. The summed E-state index contributed by atoms with van der Waals surface area (Å²) < 4.78 is 38.5. The van der Waals surface area contributed by atoms with Crippen molar-refractivity contribution in [3.63, 3.8) is 0 Å². The van der Waals surface area contributed by atoms with E-state index in [0.717, 1.165) is 24.8 Å². The fraction of sp³-hybridized carbons (Fsp3) is 0.571. The van der Waals surface area contributed by atoms with Crippen molar-refractivity contribution in [1.29, 1.82) is 0 Å². The second-order valence-electron chi connectivity index (χ2n) is 5.00. The second kappa shape index (κ2) is 6.01. The van der Waals surface area contributed by atoms with Crippen molar-refractivity contribution in [2.45, 2.75) is 32.1 Å². The van der Waals surface area contributed by atoms with Gasteiger partial charge in [0, 0.05) is 13.1 Å². The van der Waals surface area contributed by atoms with E-state index in [2.05, 4.69) is 0 Å². The highest BCUT2D eigenvalue weighted by Gasteiger charge is 2.26. The third-order valence-corrected chi connectivity index (χ3v) is 5.58. The summed E-state index contributed by atoms with van der Waals surface area (Å²) in [6, 6.07) is 6.42. The molecule has 5 heteroatoms. The van der Waals surface area contributed by atoms with Crippen molar-refractivity contribution in [2.24, 2.45) is 0 Å². The van der Waals surface area contributed by atoms with E-state index in [4.69, 9.17) is 0 Å². The molecule has 19 heavy (non-hydrogen) atoms. The number of benzene rings is 1. The average molecular weight is 285 g/mol. The van der Waals surface area contributed by atoms with Crippen LogP contribution in [0, 0.1) is 5.82 Å². The molecule has 1 aliphatic rings. The summed E-state index contributed by atoms with van der Waals surface area (Å²) in [4.78, 5) is 0. The molecule has 0 unspecified atom stereocenters. The Hall–Kier alpha value is -0.940. The van der Waals surface area contributed by atoms with Gasteiger partial charge in [-0.05, 0) is 43.4 Å². The molecule has 0 spiro atoms. The predicted molar refractivity (Wildman–Crippen MR) is 74.0 cm³/mol. The summed E-state index contributed by atoms with van der Waals surface area (Å²) in [5, 5.41) is 0. The number of sulfonamides is 1. The van der Waals surface area contributed by atoms with Crippen LogP contribution in [0.15, 0.2) is 24.3 Å². The van der Waals surface area contributed by atoms with E-state index in [-0.39, 0.29) is 17.5 Å². The number of hydrogen-bond donors (Lipinski definition) is 0. The highest BCUT2D eigenvalue weighted by atomic mass is 32.2. The SMILES string of the molecule is CCS(=O)(=O)N1CCCC[C@H](c2ccc(F)cc2)C1. The first-order valence-electron chi connectivity index (χ1n) is 6.76. The van der Waals surface area contributed by atoms with E-state index in [1.165, 1.54) is 12.1 Å². The van der Waals surface area contributed by atoms with E-state index in [1.807, 2.05) is 0 Å². The fourth-order valence-corrected chi connectivity index (χ4v) is 3.73. The Bertz CT molecular complexity index is 513. The van der Waals surface area contributed by atoms with Gasteiger partial charge in [0.05, 0.1) is 5.75 Å². The molecule has 1 aromatic carbocycles. The van der Waals surface area contributed by atoms with Crippen molar-refractivity contribution in [3.8, 4) is 0 Å². The lowest BCUT2D eigenvalue weighted by Gasteiger charge is -2.23. The largest absolute Gasteiger partial charge is 0.213 e. The molecule has 1 aromatic rings. The first kappa shape index (κ1) is 14.5. The van der Waals surface area contributed by atoms with Crippen molar-refractivity contribution in [2.75, 3.05) is 18.8 Å². The maximum atomic E-state index is 12.9. The molecule has 0 aliphatic carbocycles. The first-order valence-corrected chi connectivity index (χ1v) is 8.37. The number of halogens is 1. The zero-order valence-corrected chi connectivity index (χ0v) is 12.0. The van der Waals surface area contributed by atoms with E-state index < -0.39 is 10.0 Å². The van der Waals surface area contributed by atoms with Crippen LogP contribution < -0.4 is 0 Å². The van der Waals surface area contributed by atoms with Gasteiger partial charge >= 0.3 is 0 Å². The number of rotatable bonds is 3. The molecule has 1 aliphatic heterocycles. The summed E-state index contributed by atoms with van der Waals surface area (Å²) in [5.74, 6) is 0.0585. The fourth-order valence-electron chi connectivity index (χ4n) is 2.55. The van der Waals surface area contributed by atoms with Gasteiger partial charge in [-0.25, -0.2) is 17.1 Å². The average Bonchev–Trinajstić information content (AvgIpc) is 2.66. The quantitative estimate of drug-likeness (QED) is 0.856. The Morgan fingerprint density at radius 2 is 1.95 bits per heavy atom. The zero-order chi connectivity index (χ0) is 13.9. The van der Waals surface area contributed by atoms with Gasteiger partial charge in [-0.1, -0.05) is 18.6 Å². The molecule has 3 nitrogen and oxygen atoms in total. The van der Waals surface area contributed by atoms with Gasteiger partial charge in [0.2, 0.25) is 10.0 Å². The minimum atomic E-state index is -3.13. The highest BCUT2D eigenvalue weighted by Crippen LogP contribution is 2.27. The normalized spacial score (nSPS) is 22.1. The smallest absolute Gasteiger partial charge is 0.212 e. The van der Waals surface area contributed by atoms with Crippen LogP contribution in [0.1, 0.15) is 37.7 Å². The molecule has 0 radical (unpaired) electrons. The van der Waals surface area contributed by atoms with Crippen LogP contribution in [-0.2, 0) is 10.0 Å². The molecule has 1 saturated heterocycles. The van der Waals surface area contributed by atoms with Gasteiger partial charge in [-0.15, -0.1) is 0 Å². The zero-order valence-electron chi connectivity index (χ0n) is 11.2. The molecule has 1 heterocycles. The van der Waals surface area contributed by atoms with Gasteiger partial charge in [0.1, 0.15) is 5.82 Å². The summed E-state index contributed by atoms with van der Waals surface area (Å²) in [6.07, 6.45) is 2.87. The molecule has 2 rings (SSSR count). The van der Waals surface area contributed by atoms with Gasteiger partial charge in [-0.2, -0.15) is 0 Å². The van der Waals surface area contributed by atoms with Crippen LogP contribution in [0.2, 0.25) is 0 Å². The molecule has 0 amide bonds. The monoisotopic (exact) mass is 285 g/mol. The summed E-state index contributed by atoms with van der Waals surface area (Å²) >= 11 is 0. The molecular formula is C14H20FNO2S. The van der Waals surface area contributed by atoms with Crippen LogP contribution >= 0.6 is 0 Å². The minimum absolute atomic E-state index is 0.142. The molecular weight excluding hydrogens is 265 g/mol. The summed E-state index contributed by atoms with van der Waals surface area (Å²) in [5.41, 5.74) is 1.03. The third kappa shape index (κ3) is 3.54. The Morgan fingerprint density at radius 1 is 1.26 bits per heavy atom. The van der Waals surface area contributed by atoms with Gasteiger partial charge in [0.25, 0.3) is 0 Å². The van der Waals surface area contributed by atoms with E-state index in [9.17, 15) is 12.8 Å².